The summed E-state index contributed by atoms with van der Waals surface area (Å²) in [5.41, 5.74) is 1.08. The van der Waals surface area contributed by atoms with Crippen LogP contribution in [0.1, 0.15) is 17.4 Å². The van der Waals surface area contributed by atoms with E-state index in [-0.39, 0.29) is 5.91 Å². The lowest BCUT2D eigenvalue weighted by atomic mass is 10.2. The van der Waals surface area contributed by atoms with Crippen LogP contribution in [0.4, 0.5) is 5.13 Å². The molecule has 0 radical (unpaired) electrons. The number of hydrogen-bond acceptors (Lipinski definition) is 4. The predicted molar refractivity (Wildman–Crippen MR) is 69.6 cm³/mol. The fraction of sp³-hybridized carbons (Fsp3) is 0.0833. The first-order valence-electron chi connectivity index (χ1n) is 5.05. The molecule has 0 aliphatic heterocycles. The van der Waals surface area contributed by atoms with E-state index in [4.69, 9.17) is 0 Å². The number of nitrogens with zero attached hydrogens (tertiary/aromatic N) is 2. The maximum Gasteiger partial charge on any atom is 0.223 e. The van der Waals surface area contributed by atoms with Crippen LogP contribution < -0.4 is 5.32 Å². The van der Waals surface area contributed by atoms with E-state index in [9.17, 15) is 4.79 Å². The second kappa shape index (κ2) is 5.36. The van der Waals surface area contributed by atoms with Crippen molar-refractivity contribution < 1.29 is 4.79 Å². The molecule has 1 N–H and O–H groups in total. The molecule has 1 amide bonds. The van der Waals surface area contributed by atoms with E-state index >= 15 is 0 Å². The third kappa shape index (κ3) is 3.49. The number of thiazole rings is 1. The molecule has 0 atom stereocenters. The van der Waals surface area contributed by atoms with Crippen molar-refractivity contribution in [2.75, 3.05) is 5.32 Å². The Morgan fingerprint density at radius 2 is 2.12 bits per heavy atom. The number of anilines is 1. The molecule has 0 saturated carbocycles. The molecular formula is C12H11N3OS. The van der Waals surface area contributed by atoms with Gasteiger partial charge in [-0.2, -0.15) is 0 Å². The number of aromatic nitrogens is 2. The number of amides is 1. The standard InChI is InChI=1S/C12H11N3OS/c1-9(16)15-12-14-8-11(17-12)3-2-10-4-6-13-7-5-10/h2-8H,1H3,(H,14,15,16)/b3-2-. The molecule has 2 aromatic heterocycles. The van der Waals surface area contributed by atoms with Crippen molar-refractivity contribution in [3.05, 3.63) is 41.2 Å². The summed E-state index contributed by atoms with van der Waals surface area (Å²) in [7, 11) is 0. The van der Waals surface area contributed by atoms with Crippen LogP contribution in [0.5, 0.6) is 0 Å². The molecule has 0 aromatic carbocycles. The largest absolute Gasteiger partial charge is 0.302 e. The minimum Gasteiger partial charge on any atom is -0.302 e. The Hall–Kier alpha value is -2.01. The van der Waals surface area contributed by atoms with Crippen LogP contribution >= 0.6 is 11.3 Å². The van der Waals surface area contributed by atoms with Crippen molar-refractivity contribution in [3.8, 4) is 0 Å². The van der Waals surface area contributed by atoms with Gasteiger partial charge in [0.2, 0.25) is 5.91 Å². The molecule has 2 aromatic rings. The minimum absolute atomic E-state index is 0.107. The smallest absolute Gasteiger partial charge is 0.223 e. The third-order valence-electron chi connectivity index (χ3n) is 1.95. The van der Waals surface area contributed by atoms with E-state index in [0.29, 0.717) is 5.13 Å². The Morgan fingerprint density at radius 1 is 1.35 bits per heavy atom. The highest BCUT2D eigenvalue weighted by molar-refractivity contribution is 7.16. The van der Waals surface area contributed by atoms with Crippen molar-refractivity contribution in [2.24, 2.45) is 0 Å². The number of carbonyl (C=O) groups excluding carboxylic acids is 1. The lowest BCUT2D eigenvalue weighted by Crippen LogP contribution is -2.04. The second-order valence-corrected chi connectivity index (χ2v) is 4.43. The number of hydrogen-bond donors (Lipinski definition) is 1. The number of pyridine rings is 1. The average Bonchev–Trinajstić information content (AvgIpc) is 2.75. The van der Waals surface area contributed by atoms with Gasteiger partial charge in [-0.3, -0.25) is 9.78 Å². The molecule has 2 heterocycles. The molecule has 17 heavy (non-hydrogen) atoms. The summed E-state index contributed by atoms with van der Waals surface area (Å²) in [5, 5.41) is 3.27. The highest BCUT2D eigenvalue weighted by atomic mass is 32.1. The van der Waals surface area contributed by atoms with Gasteiger partial charge in [0.25, 0.3) is 0 Å². The highest BCUT2D eigenvalue weighted by Gasteiger charge is 2.00. The van der Waals surface area contributed by atoms with Crippen LogP contribution in [0.2, 0.25) is 0 Å². The van der Waals surface area contributed by atoms with Crippen molar-refractivity contribution in [1.29, 1.82) is 0 Å². The molecule has 0 fully saturated rings. The van der Waals surface area contributed by atoms with Gasteiger partial charge in [-0.25, -0.2) is 4.98 Å². The highest BCUT2D eigenvalue weighted by Crippen LogP contribution is 2.20. The van der Waals surface area contributed by atoms with Gasteiger partial charge in [0.15, 0.2) is 5.13 Å². The summed E-state index contributed by atoms with van der Waals surface area (Å²) in [4.78, 5) is 19.9. The first kappa shape index (κ1) is 11.5. The molecule has 5 heteroatoms. The normalized spacial score (nSPS) is 10.6. The molecule has 0 aliphatic rings. The Balaban J connectivity index is 2.06. The topological polar surface area (TPSA) is 54.9 Å². The van der Waals surface area contributed by atoms with Crippen LogP contribution in [-0.4, -0.2) is 15.9 Å². The Morgan fingerprint density at radius 3 is 2.82 bits per heavy atom. The monoisotopic (exact) mass is 245 g/mol. The van der Waals surface area contributed by atoms with Crippen LogP contribution in [-0.2, 0) is 4.79 Å². The SMILES string of the molecule is CC(=O)Nc1ncc(/C=C\c2ccncc2)s1. The van der Waals surface area contributed by atoms with E-state index in [1.54, 1.807) is 18.6 Å². The Bertz CT molecular complexity index is 534. The summed E-state index contributed by atoms with van der Waals surface area (Å²) < 4.78 is 0. The zero-order valence-electron chi connectivity index (χ0n) is 9.25. The van der Waals surface area contributed by atoms with Gasteiger partial charge in [-0.05, 0) is 23.8 Å². The van der Waals surface area contributed by atoms with Crippen LogP contribution in [0.3, 0.4) is 0 Å². The van der Waals surface area contributed by atoms with Crippen molar-refractivity contribution in [2.45, 2.75) is 6.92 Å². The van der Waals surface area contributed by atoms with Crippen LogP contribution in [0.15, 0.2) is 30.7 Å². The molecule has 0 aliphatic carbocycles. The molecule has 4 nitrogen and oxygen atoms in total. The maximum atomic E-state index is 10.8. The molecule has 0 unspecified atom stereocenters. The third-order valence-corrected chi connectivity index (χ3v) is 2.83. The van der Waals surface area contributed by atoms with Crippen molar-refractivity contribution in [3.63, 3.8) is 0 Å². The summed E-state index contributed by atoms with van der Waals surface area (Å²) in [6.07, 6.45) is 9.16. The fourth-order valence-corrected chi connectivity index (χ4v) is 1.99. The van der Waals surface area contributed by atoms with Crippen LogP contribution in [0.25, 0.3) is 12.2 Å². The number of carbonyl (C=O) groups is 1. The lowest BCUT2D eigenvalue weighted by molar-refractivity contribution is -0.114. The first-order chi connectivity index (χ1) is 8.24. The molecule has 86 valence electrons. The average molecular weight is 245 g/mol. The lowest BCUT2D eigenvalue weighted by Gasteiger charge is -1.92. The van der Waals surface area contributed by atoms with E-state index in [1.165, 1.54) is 18.3 Å². The van der Waals surface area contributed by atoms with Gasteiger partial charge < -0.3 is 5.32 Å². The summed E-state index contributed by atoms with van der Waals surface area (Å²) in [6, 6.07) is 3.85. The zero-order chi connectivity index (χ0) is 12.1. The maximum absolute atomic E-state index is 10.8. The summed E-state index contributed by atoms with van der Waals surface area (Å²) in [6.45, 7) is 1.47. The first-order valence-corrected chi connectivity index (χ1v) is 5.87. The molecule has 0 saturated heterocycles. The quantitative estimate of drug-likeness (QED) is 0.904. The van der Waals surface area contributed by atoms with Gasteiger partial charge in [0.05, 0.1) is 0 Å². The number of nitrogens with one attached hydrogen (secondary N) is 1. The minimum atomic E-state index is -0.107. The van der Waals surface area contributed by atoms with Gasteiger partial charge >= 0.3 is 0 Å². The van der Waals surface area contributed by atoms with E-state index in [0.717, 1.165) is 10.4 Å². The van der Waals surface area contributed by atoms with Crippen LogP contribution in [0, 0.1) is 0 Å². The molecule has 0 bridgehead atoms. The number of rotatable bonds is 3. The molecular weight excluding hydrogens is 234 g/mol. The molecule has 0 spiro atoms. The second-order valence-electron chi connectivity index (χ2n) is 3.36. The van der Waals surface area contributed by atoms with Gasteiger partial charge in [0, 0.05) is 30.4 Å². The van der Waals surface area contributed by atoms with Gasteiger partial charge in [-0.1, -0.05) is 17.4 Å². The Kier molecular flexibility index (Phi) is 3.62. The van der Waals surface area contributed by atoms with Gasteiger partial charge in [0.1, 0.15) is 0 Å². The van der Waals surface area contributed by atoms with E-state index in [2.05, 4.69) is 15.3 Å². The predicted octanol–water partition coefficient (Wildman–Crippen LogP) is 2.67. The Labute approximate surface area is 103 Å². The van der Waals surface area contributed by atoms with E-state index < -0.39 is 0 Å². The molecule has 2 rings (SSSR count). The zero-order valence-corrected chi connectivity index (χ0v) is 10.1. The van der Waals surface area contributed by atoms with Gasteiger partial charge in [-0.15, -0.1) is 0 Å². The summed E-state index contributed by atoms with van der Waals surface area (Å²) in [5.74, 6) is -0.107. The summed E-state index contributed by atoms with van der Waals surface area (Å²) >= 11 is 1.43. The van der Waals surface area contributed by atoms with Crippen molar-refractivity contribution in [1.82, 2.24) is 9.97 Å². The van der Waals surface area contributed by atoms with Crippen molar-refractivity contribution >= 4 is 34.5 Å². The fourth-order valence-electron chi connectivity index (χ4n) is 1.22. The van der Waals surface area contributed by atoms with E-state index in [1.807, 2.05) is 24.3 Å².